The molecular formula is C25H28N4O4S. The van der Waals surface area contributed by atoms with Gasteiger partial charge in [0, 0.05) is 11.3 Å². The van der Waals surface area contributed by atoms with Crippen molar-refractivity contribution in [3.8, 4) is 11.5 Å². The number of benzene rings is 2. The van der Waals surface area contributed by atoms with Crippen LogP contribution in [0.2, 0.25) is 0 Å². The highest BCUT2D eigenvalue weighted by atomic mass is 32.1. The van der Waals surface area contributed by atoms with Gasteiger partial charge in [0.05, 0.1) is 27.2 Å². The van der Waals surface area contributed by atoms with Crippen LogP contribution in [0.5, 0.6) is 11.5 Å². The van der Waals surface area contributed by atoms with Gasteiger partial charge < -0.3 is 25.8 Å². The number of hydrogen-bond donors (Lipinski definition) is 3. The zero-order chi connectivity index (χ0) is 24.3. The first-order valence-electron chi connectivity index (χ1n) is 10.7. The topological polar surface area (TPSA) is 115 Å². The molecule has 2 amide bonds. The molecule has 0 aliphatic heterocycles. The first kappa shape index (κ1) is 24.8. The van der Waals surface area contributed by atoms with Gasteiger partial charge >= 0.3 is 0 Å². The van der Waals surface area contributed by atoms with Crippen molar-refractivity contribution >= 4 is 29.1 Å². The van der Waals surface area contributed by atoms with Crippen LogP contribution in [0.1, 0.15) is 16.0 Å². The third-order valence-corrected chi connectivity index (χ3v) is 5.86. The first-order chi connectivity index (χ1) is 16.5. The Balaban J connectivity index is 1.67. The van der Waals surface area contributed by atoms with Crippen LogP contribution >= 0.6 is 11.3 Å². The SMILES string of the molecule is COc1ccc(CC(=O)N=C(N)NC(Cc2ccccc2)C(=O)NCc2cccs2)cc1OC. The maximum atomic E-state index is 12.9. The predicted octanol–water partition coefficient (Wildman–Crippen LogP) is 2.67. The molecule has 0 bridgehead atoms. The van der Waals surface area contributed by atoms with Gasteiger partial charge in [0.2, 0.25) is 5.91 Å². The maximum Gasteiger partial charge on any atom is 0.253 e. The molecule has 2 aromatic carbocycles. The Morgan fingerprint density at radius 3 is 2.44 bits per heavy atom. The summed E-state index contributed by atoms with van der Waals surface area (Å²) in [6.45, 7) is 0.415. The number of rotatable bonds is 10. The second kappa shape index (κ2) is 12.4. The molecule has 0 radical (unpaired) electrons. The summed E-state index contributed by atoms with van der Waals surface area (Å²) in [4.78, 5) is 30.4. The van der Waals surface area contributed by atoms with Crippen molar-refractivity contribution in [3.63, 3.8) is 0 Å². The fraction of sp³-hybridized carbons (Fsp3) is 0.240. The van der Waals surface area contributed by atoms with E-state index in [1.165, 1.54) is 7.11 Å². The van der Waals surface area contributed by atoms with Crippen LogP contribution in [0.25, 0.3) is 0 Å². The summed E-state index contributed by atoms with van der Waals surface area (Å²) in [5.74, 6) is 0.295. The molecule has 1 heterocycles. The molecule has 0 fully saturated rings. The summed E-state index contributed by atoms with van der Waals surface area (Å²) >= 11 is 1.56. The Morgan fingerprint density at radius 2 is 1.76 bits per heavy atom. The number of methoxy groups -OCH3 is 2. The lowest BCUT2D eigenvalue weighted by Gasteiger charge is -2.19. The number of thiophene rings is 1. The van der Waals surface area contributed by atoms with E-state index in [2.05, 4.69) is 15.6 Å². The Hall–Kier alpha value is -3.85. The summed E-state index contributed by atoms with van der Waals surface area (Å²) in [5.41, 5.74) is 7.67. The summed E-state index contributed by atoms with van der Waals surface area (Å²) in [5, 5.41) is 7.78. The van der Waals surface area contributed by atoms with Crippen LogP contribution in [0.3, 0.4) is 0 Å². The van der Waals surface area contributed by atoms with Gasteiger partial charge in [0.1, 0.15) is 6.04 Å². The fourth-order valence-corrected chi connectivity index (χ4v) is 3.96. The van der Waals surface area contributed by atoms with Crippen molar-refractivity contribution in [3.05, 3.63) is 82.0 Å². The Kier molecular flexibility index (Phi) is 9.04. The number of guanidine groups is 1. The Labute approximate surface area is 202 Å². The molecule has 8 nitrogen and oxygen atoms in total. The number of nitrogens with zero attached hydrogens (tertiary/aromatic N) is 1. The third-order valence-electron chi connectivity index (χ3n) is 4.99. The smallest absolute Gasteiger partial charge is 0.253 e. The number of amides is 2. The fourth-order valence-electron chi connectivity index (χ4n) is 3.32. The standard InChI is InChI=1S/C25H28N4O4S/c1-32-21-11-10-18(14-22(21)33-2)15-23(30)29-25(26)28-20(13-17-7-4-3-5-8-17)24(31)27-16-19-9-6-12-34-19/h3-12,14,20H,13,15-16H2,1-2H3,(H,27,31)(H3,26,28,29,30). The van der Waals surface area contributed by atoms with Crippen molar-refractivity contribution in [2.75, 3.05) is 14.2 Å². The van der Waals surface area contributed by atoms with Gasteiger partial charge in [-0.05, 0) is 34.7 Å². The molecule has 1 aromatic heterocycles. The van der Waals surface area contributed by atoms with E-state index in [-0.39, 0.29) is 18.3 Å². The normalized spacial score (nSPS) is 12.0. The molecule has 34 heavy (non-hydrogen) atoms. The number of hydrogen-bond acceptors (Lipinski definition) is 5. The molecule has 178 valence electrons. The first-order valence-corrected chi connectivity index (χ1v) is 11.5. The number of carbonyl (C=O) groups excluding carboxylic acids is 2. The largest absolute Gasteiger partial charge is 0.493 e. The highest BCUT2D eigenvalue weighted by Crippen LogP contribution is 2.27. The molecule has 0 aliphatic carbocycles. The van der Waals surface area contributed by atoms with Gasteiger partial charge in [-0.15, -0.1) is 11.3 Å². The number of nitrogens with one attached hydrogen (secondary N) is 2. The van der Waals surface area contributed by atoms with E-state index in [9.17, 15) is 9.59 Å². The van der Waals surface area contributed by atoms with Crippen LogP contribution < -0.4 is 25.8 Å². The molecule has 3 aromatic rings. The van der Waals surface area contributed by atoms with Gasteiger partial charge in [0.25, 0.3) is 5.91 Å². The molecule has 3 rings (SSSR count). The number of nitrogens with two attached hydrogens (primary N) is 1. The number of carbonyl (C=O) groups is 2. The van der Waals surface area contributed by atoms with Crippen molar-refractivity contribution in [2.24, 2.45) is 10.7 Å². The van der Waals surface area contributed by atoms with Gasteiger partial charge in [0.15, 0.2) is 17.5 Å². The highest BCUT2D eigenvalue weighted by Gasteiger charge is 2.20. The molecular weight excluding hydrogens is 452 g/mol. The van der Waals surface area contributed by atoms with Crippen LogP contribution in [0.4, 0.5) is 0 Å². The predicted molar refractivity (Wildman–Crippen MR) is 133 cm³/mol. The van der Waals surface area contributed by atoms with Crippen molar-refractivity contribution in [1.82, 2.24) is 10.6 Å². The van der Waals surface area contributed by atoms with Gasteiger partial charge in [-0.1, -0.05) is 42.5 Å². The molecule has 0 aliphatic rings. The van der Waals surface area contributed by atoms with E-state index >= 15 is 0 Å². The van der Waals surface area contributed by atoms with Crippen molar-refractivity contribution < 1.29 is 19.1 Å². The number of aliphatic imine (C=N–C) groups is 1. The average Bonchev–Trinajstić information content (AvgIpc) is 3.36. The minimum Gasteiger partial charge on any atom is -0.493 e. The molecule has 9 heteroatoms. The summed E-state index contributed by atoms with van der Waals surface area (Å²) in [6.07, 6.45) is 0.411. The Morgan fingerprint density at radius 1 is 1.00 bits per heavy atom. The molecule has 1 atom stereocenters. The molecule has 1 unspecified atom stereocenters. The Bertz CT molecular complexity index is 1120. The highest BCUT2D eigenvalue weighted by molar-refractivity contribution is 7.09. The van der Waals surface area contributed by atoms with E-state index in [0.717, 1.165) is 10.4 Å². The van der Waals surface area contributed by atoms with E-state index in [0.29, 0.717) is 30.0 Å². The van der Waals surface area contributed by atoms with Crippen molar-refractivity contribution in [1.29, 1.82) is 0 Å². The van der Waals surface area contributed by atoms with E-state index in [1.54, 1.807) is 36.6 Å². The summed E-state index contributed by atoms with van der Waals surface area (Å²) in [6, 6.07) is 18.0. The minimum absolute atomic E-state index is 0.0245. The second-order valence-corrected chi connectivity index (χ2v) is 8.47. The van der Waals surface area contributed by atoms with Gasteiger partial charge in [-0.2, -0.15) is 4.99 Å². The second-order valence-electron chi connectivity index (χ2n) is 7.44. The molecule has 0 spiro atoms. The van der Waals surface area contributed by atoms with E-state index < -0.39 is 11.9 Å². The molecule has 0 saturated carbocycles. The van der Waals surface area contributed by atoms with Crippen molar-refractivity contribution in [2.45, 2.75) is 25.4 Å². The van der Waals surface area contributed by atoms with E-state index in [1.807, 2.05) is 47.8 Å². The molecule has 4 N–H and O–H groups in total. The lowest BCUT2D eigenvalue weighted by Crippen LogP contribution is -2.50. The van der Waals surface area contributed by atoms with Crippen LogP contribution in [-0.2, 0) is 29.0 Å². The summed E-state index contributed by atoms with van der Waals surface area (Å²) in [7, 11) is 3.07. The summed E-state index contributed by atoms with van der Waals surface area (Å²) < 4.78 is 10.5. The van der Waals surface area contributed by atoms with Crippen LogP contribution in [0.15, 0.2) is 71.0 Å². The average molecular weight is 481 g/mol. The zero-order valence-electron chi connectivity index (χ0n) is 19.1. The van der Waals surface area contributed by atoms with Crippen LogP contribution in [-0.4, -0.2) is 38.0 Å². The quantitative estimate of drug-likeness (QED) is 0.304. The van der Waals surface area contributed by atoms with Gasteiger partial charge in [-0.25, -0.2) is 0 Å². The van der Waals surface area contributed by atoms with E-state index in [4.69, 9.17) is 15.2 Å². The monoisotopic (exact) mass is 480 g/mol. The third kappa shape index (κ3) is 7.35. The van der Waals surface area contributed by atoms with Crippen LogP contribution in [0, 0.1) is 0 Å². The van der Waals surface area contributed by atoms with Gasteiger partial charge in [-0.3, -0.25) is 9.59 Å². The lowest BCUT2D eigenvalue weighted by atomic mass is 10.1. The maximum absolute atomic E-state index is 12.9. The lowest BCUT2D eigenvalue weighted by molar-refractivity contribution is -0.123. The minimum atomic E-state index is -0.694. The number of ether oxygens (including phenoxy) is 2. The zero-order valence-corrected chi connectivity index (χ0v) is 19.9. The molecule has 0 saturated heterocycles.